The third-order valence-electron chi connectivity index (χ3n) is 5.34. The first-order valence-corrected chi connectivity index (χ1v) is 11.4. The van der Waals surface area contributed by atoms with E-state index >= 15 is 0 Å². The normalized spacial score (nSPS) is 19.3. The molecule has 1 aromatic carbocycles. The van der Waals surface area contributed by atoms with Gasteiger partial charge in [-0.2, -0.15) is 0 Å². The van der Waals surface area contributed by atoms with Crippen molar-refractivity contribution in [2.75, 3.05) is 26.0 Å². The molecular formula is C20H26N2O6S. The highest BCUT2D eigenvalue weighted by molar-refractivity contribution is 7.88. The molecule has 2 aliphatic heterocycles. The Morgan fingerprint density at radius 1 is 1.24 bits per heavy atom. The molecule has 1 amide bonds. The van der Waals surface area contributed by atoms with Crippen LogP contribution in [0.15, 0.2) is 35.4 Å². The second-order valence-electron chi connectivity index (χ2n) is 7.31. The molecule has 9 heteroatoms. The standard InChI is InChI=1S/C20H26N2O6S/c1-4-27-16-7-5-15(6-8-16)13-21-18(23)17-14(2)19(24)28-20(17)9-11-22(12-10-20)29(3,25)26/h5-8H,4,9-13H2,1-3H3,(H,21,23). The van der Waals surface area contributed by atoms with Gasteiger partial charge in [-0.1, -0.05) is 12.1 Å². The summed E-state index contributed by atoms with van der Waals surface area (Å²) in [6, 6.07) is 7.40. The summed E-state index contributed by atoms with van der Waals surface area (Å²) in [6.45, 7) is 4.76. The van der Waals surface area contributed by atoms with E-state index in [4.69, 9.17) is 9.47 Å². The molecule has 0 radical (unpaired) electrons. The summed E-state index contributed by atoms with van der Waals surface area (Å²) < 4.78 is 35.9. The highest BCUT2D eigenvalue weighted by atomic mass is 32.2. The van der Waals surface area contributed by atoms with Crippen molar-refractivity contribution < 1.29 is 27.5 Å². The fourth-order valence-electron chi connectivity index (χ4n) is 3.80. The third kappa shape index (κ3) is 4.45. The van der Waals surface area contributed by atoms with Crippen molar-refractivity contribution in [1.29, 1.82) is 0 Å². The third-order valence-corrected chi connectivity index (χ3v) is 6.64. The van der Waals surface area contributed by atoms with Gasteiger partial charge in [0.15, 0.2) is 0 Å². The minimum absolute atomic E-state index is 0.203. The quantitative estimate of drug-likeness (QED) is 0.695. The summed E-state index contributed by atoms with van der Waals surface area (Å²) in [4.78, 5) is 25.1. The number of nitrogens with one attached hydrogen (secondary N) is 1. The van der Waals surface area contributed by atoms with Crippen LogP contribution < -0.4 is 10.1 Å². The monoisotopic (exact) mass is 422 g/mol. The maximum atomic E-state index is 12.9. The summed E-state index contributed by atoms with van der Waals surface area (Å²) >= 11 is 0. The molecule has 1 saturated heterocycles. The zero-order chi connectivity index (χ0) is 21.2. The molecule has 29 heavy (non-hydrogen) atoms. The van der Waals surface area contributed by atoms with Crippen LogP contribution in [0.2, 0.25) is 0 Å². The fourth-order valence-corrected chi connectivity index (χ4v) is 4.64. The molecule has 1 fully saturated rings. The van der Waals surface area contributed by atoms with Crippen molar-refractivity contribution in [3.05, 3.63) is 41.0 Å². The number of nitrogens with zero attached hydrogens (tertiary/aromatic N) is 1. The number of esters is 1. The van der Waals surface area contributed by atoms with E-state index in [0.29, 0.717) is 18.7 Å². The first kappa shape index (κ1) is 21.3. The topological polar surface area (TPSA) is 102 Å². The van der Waals surface area contributed by atoms with Crippen LogP contribution in [0.4, 0.5) is 0 Å². The Bertz CT molecular complexity index is 928. The second kappa shape index (κ2) is 8.16. The van der Waals surface area contributed by atoms with Crippen molar-refractivity contribution >= 4 is 21.9 Å². The van der Waals surface area contributed by atoms with Gasteiger partial charge in [-0.05, 0) is 31.5 Å². The average Bonchev–Trinajstić information content (AvgIpc) is 2.90. The lowest BCUT2D eigenvalue weighted by molar-refractivity contribution is -0.150. The van der Waals surface area contributed by atoms with Crippen molar-refractivity contribution in [2.24, 2.45) is 0 Å². The van der Waals surface area contributed by atoms with Gasteiger partial charge in [0.05, 0.1) is 18.4 Å². The molecule has 3 rings (SSSR count). The first-order valence-electron chi connectivity index (χ1n) is 9.56. The number of carbonyl (C=O) groups excluding carboxylic acids is 2. The number of rotatable bonds is 6. The second-order valence-corrected chi connectivity index (χ2v) is 9.29. The lowest BCUT2D eigenvalue weighted by atomic mass is 9.83. The Kier molecular flexibility index (Phi) is 6.00. The van der Waals surface area contributed by atoms with Gasteiger partial charge in [0.25, 0.3) is 5.91 Å². The molecule has 1 N–H and O–H groups in total. The predicted octanol–water partition coefficient (Wildman–Crippen LogP) is 1.37. The van der Waals surface area contributed by atoms with E-state index in [1.165, 1.54) is 4.31 Å². The molecule has 0 saturated carbocycles. The van der Waals surface area contributed by atoms with Crippen LogP contribution in [0.3, 0.4) is 0 Å². The number of amides is 1. The van der Waals surface area contributed by atoms with E-state index < -0.39 is 21.6 Å². The van der Waals surface area contributed by atoms with E-state index in [2.05, 4.69) is 5.32 Å². The lowest BCUT2D eigenvalue weighted by Crippen LogP contribution is -2.50. The molecule has 0 unspecified atom stereocenters. The van der Waals surface area contributed by atoms with Gasteiger partial charge in [0.2, 0.25) is 10.0 Å². The zero-order valence-corrected chi connectivity index (χ0v) is 17.7. The first-order chi connectivity index (χ1) is 13.7. The Balaban J connectivity index is 1.71. The van der Waals surface area contributed by atoms with Gasteiger partial charge in [-0.25, -0.2) is 17.5 Å². The SMILES string of the molecule is CCOc1ccc(CNC(=O)C2=C(C)C(=O)OC23CCN(S(C)(=O)=O)CC3)cc1. The van der Waals surface area contributed by atoms with Crippen LogP contribution in [-0.4, -0.2) is 56.2 Å². The fraction of sp³-hybridized carbons (Fsp3) is 0.500. The highest BCUT2D eigenvalue weighted by Gasteiger charge is 2.51. The van der Waals surface area contributed by atoms with E-state index in [1.807, 2.05) is 31.2 Å². The van der Waals surface area contributed by atoms with Crippen LogP contribution in [0.25, 0.3) is 0 Å². The van der Waals surface area contributed by atoms with Crippen LogP contribution in [-0.2, 0) is 30.9 Å². The molecule has 0 atom stereocenters. The van der Waals surface area contributed by atoms with Crippen molar-refractivity contribution in [2.45, 2.75) is 38.8 Å². The highest BCUT2D eigenvalue weighted by Crippen LogP contribution is 2.41. The molecule has 2 heterocycles. The number of carbonyl (C=O) groups is 2. The molecule has 8 nitrogen and oxygen atoms in total. The smallest absolute Gasteiger partial charge is 0.335 e. The zero-order valence-electron chi connectivity index (χ0n) is 16.9. The number of piperidine rings is 1. The van der Waals surface area contributed by atoms with Crippen LogP contribution in [0, 0.1) is 0 Å². The van der Waals surface area contributed by atoms with Crippen LogP contribution >= 0.6 is 0 Å². The number of sulfonamides is 1. The molecule has 1 spiro atoms. The van der Waals surface area contributed by atoms with Crippen LogP contribution in [0.1, 0.15) is 32.3 Å². The van der Waals surface area contributed by atoms with Gasteiger partial charge in [-0.15, -0.1) is 0 Å². The molecule has 0 aliphatic carbocycles. The number of hydrogen-bond acceptors (Lipinski definition) is 6. The largest absolute Gasteiger partial charge is 0.494 e. The number of ether oxygens (including phenoxy) is 2. The summed E-state index contributed by atoms with van der Waals surface area (Å²) in [5.74, 6) is -0.133. The van der Waals surface area contributed by atoms with E-state index in [9.17, 15) is 18.0 Å². The average molecular weight is 423 g/mol. The van der Waals surface area contributed by atoms with E-state index in [-0.39, 0.29) is 37.4 Å². The molecule has 2 aliphatic rings. The summed E-state index contributed by atoms with van der Waals surface area (Å²) in [5, 5.41) is 2.85. The van der Waals surface area contributed by atoms with E-state index in [0.717, 1.165) is 17.6 Å². The predicted molar refractivity (Wildman–Crippen MR) is 107 cm³/mol. The Hall–Kier alpha value is -2.39. The summed E-state index contributed by atoms with van der Waals surface area (Å²) in [6.07, 6.45) is 1.67. The van der Waals surface area contributed by atoms with Crippen molar-refractivity contribution in [3.63, 3.8) is 0 Å². The van der Waals surface area contributed by atoms with Gasteiger partial charge >= 0.3 is 5.97 Å². The van der Waals surface area contributed by atoms with Gasteiger partial charge in [-0.3, -0.25) is 4.79 Å². The van der Waals surface area contributed by atoms with Crippen molar-refractivity contribution in [1.82, 2.24) is 9.62 Å². The van der Waals surface area contributed by atoms with Gasteiger partial charge in [0, 0.05) is 38.0 Å². The van der Waals surface area contributed by atoms with Gasteiger partial charge < -0.3 is 14.8 Å². The maximum absolute atomic E-state index is 12.9. The van der Waals surface area contributed by atoms with Crippen molar-refractivity contribution in [3.8, 4) is 5.75 Å². The minimum Gasteiger partial charge on any atom is -0.494 e. The van der Waals surface area contributed by atoms with Gasteiger partial charge in [0.1, 0.15) is 11.4 Å². The van der Waals surface area contributed by atoms with E-state index in [1.54, 1.807) is 6.92 Å². The molecule has 1 aromatic rings. The summed E-state index contributed by atoms with van der Waals surface area (Å²) in [7, 11) is -3.32. The minimum atomic E-state index is -3.32. The van der Waals surface area contributed by atoms with Crippen LogP contribution in [0.5, 0.6) is 5.75 Å². The molecular weight excluding hydrogens is 396 g/mol. The summed E-state index contributed by atoms with van der Waals surface area (Å²) in [5.41, 5.74) is 0.417. The Morgan fingerprint density at radius 3 is 2.41 bits per heavy atom. The number of benzene rings is 1. The Labute approximate surface area is 170 Å². The molecule has 158 valence electrons. The lowest BCUT2D eigenvalue weighted by Gasteiger charge is -2.38. The maximum Gasteiger partial charge on any atom is 0.335 e. The molecule has 0 aromatic heterocycles. The Morgan fingerprint density at radius 2 is 1.86 bits per heavy atom. The molecule has 0 bridgehead atoms. The number of hydrogen-bond donors (Lipinski definition) is 1.